The van der Waals surface area contributed by atoms with Crippen LogP contribution >= 0.6 is 0 Å². The largest absolute Gasteiger partial charge is 0.504 e. The van der Waals surface area contributed by atoms with Crippen LogP contribution in [0.25, 0.3) is 0 Å². The van der Waals surface area contributed by atoms with Gasteiger partial charge in [0, 0.05) is 13.1 Å². The van der Waals surface area contributed by atoms with E-state index in [-0.39, 0.29) is 11.5 Å². The molecule has 0 aliphatic heterocycles. The van der Waals surface area contributed by atoms with Gasteiger partial charge >= 0.3 is 0 Å². The van der Waals surface area contributed by atoms with Crippen molar-refractivity contribution >= 4 is 6.41 Å². The van der Waals surface area contributed by atoms with E-state index in [2.05, 4.69) is 24.1 Å². The molecule has 0 saturated carbocycles. The second-order valence-corrected chi connectivity index (χ2v) is 3.59. The molecule has 1 rings (SSSR count). The van der Waals surface area contributed by atoms with Crippen molar-refractivity contribution in [3.8, 4) is 11.5 Å². The standard InChI is InChI=1S/C7H16N2O.C6H6O2/c1-3-9(4-2)6-5-8-7-10;7-5-3-1-2-4-6(5)8/h7H,3-6H2,1-2H3,(H,8,10);1-4,7-8H. The van der Waals surface area contributed by atoms with Gasteiger partial charge in [-0.15, -0.1) is 0 Å². The number of rotatable bonds is 6. The third-order valence-corrected chi connectivity index (χ3v) is 2.43. The molecule has 5 heteroatoms. The van der Waals surface area contributed by atoms with Gasteiger partial charge in [0.1, 0.15) is 0 Å². The Balaban J connectivity index is 0.000000327. The summed E-state index contributed by atoms with van der Waals surface area (Å²) < 4.78 is 0. The summed E-state index contributed by atoms with van der Waals surface area (Å²) in [6.07, 6.45) is 0.740. The van der Waals surface area contributed by atoms with Crippen molar-refractivity contribution in [3.63, 3.8) is 0 Å². The first-order valence-electron chi connectivity index (χ1n) is 6.02. The summed E-state index contributed by atoms with van der Waals surface area (Å²) in [5.41, 5.74) is 0. The zero-order valence-electron chi connectivity index (χ0n) is 11.0. The molecule has 0 aliphatic carbocycles. The maximum absolute atomic E-state index is 9.83. The predicted octanol–water partition coefficient (Wildman–Crippen LogP) is 1.17. The molecule has 0 aromatic heterocycles. The zero-order valence-corrected chi connectivity index (χ0v) is 11.0. The molecule has 1 aromatic carbocycles. The number of likely N-dealkylation sites (N-methyl/N-ethyl adjacent to an activating group) is 1. The number of phenols is 2. The first-order valence-corrected chi connectivity index (χ1v) is 6.02. The molecule has 0 unspecified atom stereocenters. The fourth-order valence-corrected chi connectivity index (χ4v) is 1.29. The van der Waals surface area contributed by atoms with E-state index in [0.717, 1.165) is 32.6 Å². The lowest BCUT2D eigenvalue weighted by atomic mass is 10.3. The van der Waals surface area contributed by atoms with Crippen molar-refractivity contribution in [1.82, 2.24) is 10.2 Å². The van der Waals surface area contributed by atoms with E-state index >= 15 is 0 Å². The molecule has 0 heterocycles. The first kappa shape index (κ1) is 16.2. The van der Waals surface area contributed by atoms with Crippen LogP contribution < -0.4 is 5.32 Å². The Bertz CT molecular complexity index is 307. The van der Waals surface area contributed by atoms with Crippen LogP contribution in [0, 0.1) is 0 Å². The van der Waals surface area contributed by atoms with Crippen LogP contribution in [-0.2, 0) is 4.79 Å². The van der Waals surface area contributed by atoms with Crippen LogP contribution in [-0.4, -0.2) is 47.7 Å². The number of nitrogens with one attached hydrogen (secondary N) is 1. The molecule has 0 atom stereocenters. The van der Waals surface area contributed by atoms with Gasteiger partial charge in [-0.2, -0.15) is 0 Å². The average molecular weight is 254 g/mol. The van der Waals surface area contributed by atoms with Gasteiger partial charge in [-0.1, -0.05) is 26.0 Å². The smallest absolute Gasteiger partial charge is 0.207 e. The Labute approximate surface area is 108 Å². The molecule has 0 fully saturated rings. The predicted molar refractivity (Wildman–Crippen MR) is 71.6 cm³/mol. The molecule has 0 aliphatic rings. The molecule has 1 amide bonds. The summed E-state index contributed by atoms with van der Waals surface area (Å²) in [5, 5.41) is 20.0. The third kappa shape index (κ3) is 7.51. The Morgan fingerprint density at radius 2 is 1.67 bits per heavy atom. The lowest BCUT2D eigenvalue weighted by molar-refractivity contribution is -0.109. The lowest BCUT2D eigenvalue weighted by Crippen LogP contribution is -2.31. The van der Waals surface area contributed by atoms with Crippen LogP contribution in [0.3, 0.4) is 0 Å². The second-order valence-electron chi connectivity index (χ2n) is 3.59. The maximum Gasteiger partial charge on any atom is 0.207 e. The summed E-state index contributed by atoms with van der Waals surface area (Å²) >= 11 is 0. The molecule has 3 N–H and O–H groups in total. The van der Waals surface area contributed by atoms with E-state index in [1.165, 1.54) is 12.1 Å². The number of nitrogens with zero attached hydrogens (tertiary/aromatic N) is 1. The number of amides is 1. The van der Waals surface area contributed by atoms with Gasteiger partial charge in [0.05, 0.1) is 0 Å². The van der Waals surface area contributed by atoms with Crippen molar-refractivity contribution in [1.29, 1.82) is 0 Å². The Morgan fingerprint density at radius 3 is 2.00 bits per heavy atom. The van der Waals surface area contributed by atoms with Crippen molar-refractivity contribution in [2.45, 2.75) is 13.8 Å². The van der Waals surface area contributed by atoms with E-state index < -0.39 is 0 Å². The minimum Gasteiger partial charge on any atom is -0.504 e. The molecular formula is C13H22N2O3. The summed E-state index contributed by atoms with van der Waals surface area (Å²) in [6.45, 7) is 8.04. The van der Waals surface area contributed by atoms with Crippen molar-refractivity contribution in [2.75, 3.05) is 26.2 Å². The van der Waals surface area contributed by atoms with Gasteiger partial charge in [-0.3, -0.25) is 4.79 Å². The van der Waals surface area contributed by atoms with Crippen LogP contribution in [0.2, 0.25) is 0 Å². The van der Waals surface area contributed by atoms with E-state index in [4.69, 9.17) is 10.2 Å². The summed E-state index contributed by atoms with van der Waals surface area (Å²) in [5.74, 6) is -0.153. The highest BCUT2D eigenvalue weighted by molar-refractivity contribution is 5.45. The fourth-order valence-electron chi connectivity index (χ4n) is 1.29. The van der Waals surface area contributed by atoms with E-state index in [1.54, 1.807) is 12.1 Å². The molecule has 0 bridgehead atoms. The van der Waals surface area contributed by atoms with Crippen LogP contribution in [0.4, 0.5) is 0 Å². The zero-order chi connectivity index (χ0) is 13.8. The highest BCUT2D eigenvalue weighted by Gasteiger charge is 1.95. The van der Waals surface area contributed by atoms with Crippen molar-refractivity contribution in [3.05, 3.63) is 24.3 Å². The molecule has 5 nitrogen and oxygen atoms in total. The summed E-state index contributed by atoms with van der Waals surface area (Å²) in [7, 11) is 0. The molecule has 0 radical (unpaired) electrons. The number of carbonyl (C=O) groups is 1. The van der Waals surface area contributed by atoms with Gasteiger partial charge in [0.25, 0.3) is 0 Å². The quantitative estimate of drug-likeness (QED) is 0.405. The van der Waals surface area contributed by atoms with Gasteiger partial charge in [0.2, 0.25) is 6.41 Å². The maximum atomic E-state index is 9.83. The third-order valence-electron chi connectivity index (χ3n) is 2.43. The number of benzene rings is 1. The Hall–Kier alpha value is -1.75. The lowest BCUT2D eigenvalue weighted by Gasteiger charge is -2.16. The van der Waals surface area contributed by atoms with E-state index in [9.17, 15) is 4.79 Å². The van der Waals surface area contributed by atoms with Crippen LogP contribution in [0.15, 0.2) is 24.3 Å². The Morgan fingerprint density at radius 1 is 1.17 bits per heavy atom. The SMILES string of the molecule is CCN(CC)CCNC=O.Oc1ccccc1O. The van der Waals surface area contributed by atoms with Gasteiger partial charge in [0.15, 0.2) is 11.5 Å². The monoisotopic (exact) mass is 254 g/mol. The average Bonchev–Trinajstić information content (AvgIpc) is 2.39. The number of para-hydroxylation sites is 2. The van der Waals surface area contributed by atoms with Gasteiger partial charge < -0.3 is 20.4 Å². The van der Waals surface area contributed by atoms with E-state index in [0.29, 0.717) is 0 Å². The second kappa shape index (κ2) is 10.4. The highest BCUT2D eigenvalue weighted by atomic mass is 16.3. The van der Waals surface area contributed by atoms with Crippen molar-refractivity contribution < 1.29 is 15.0 Å². The Kier molecular flexibility index (Phi) is 9.40. The molecule has 1 aromatic rings. The molecule has 18 heavy (non-hydrogen) atoms. The number of hydrogen-bond acceptors (Lipinski definition) is 4. The van der Waals surface area contributed by atoms with Crippen LogP contribution in [0.5, 0.6) is 11.5 Å². The van der Waals surface area contributed by atoms with Crippen LogP contribution in [0.1, 0.15) is 13.8 Å². The molecule has 0 spiro atoms. The minimum atomic E-state index is -0.0764. The topological polar surface area (TPSA) is 72.8 Å². The van der Waals surface area contributed by atoms with Crippen molar-refractivity contribution in [2.24, 2.45) is 0 Å². The summed E-state index contributed by atoms with van der Waals surface area (Å²) in [6, 6.07) is 6.15. The number of carbonyl (C=O) groups excluding carboxylic acids is 1. The number of hydrogen-bond donors (Lipinski definition) is 3. The first-order chi connectivity index (χ1) is 8.65. The highest BCUT2D eigenvalue weighted by Crippen LogP contribution is 2.21. The molecular weight excluding hydrogens is 232 g/mol. The molecule has 102 valence electrons. The van der Waals surface area contributed by atoms with Gasteiger partial charge in [-0.25, -0.2) is 0 Å². The minimum absolute atomic E-state index is 0.0764. The normalized spacial score (nSPS) is 9.50. The number of phenolic OH excluding ortho intramolecular Hbond substituents is 2. The van der Waals surface area contributed by atoms with Gasteiger partial charge in [-0.05, 0) is 25.2 Å². The summed E-state index contributed by atoms with van der Waals surface area (Å²) in [4.78, 5) is 12.1. The van der Waals surface area contributed by atoms with E-state index in [1.807, 2.05) is 0 Å². The molecule has 0 saturated heterocycles. The number of aromatic hydroxyl groups is 2. The fraction of sp³-hybridized carbons (Fsp3) is 0.462.